The Labute approximate surface area is 137 Å². The first kappa shape index (κ1) is 16.5. The molecule has 0 bridgehead atoms. The van der Waals surface area contributed by atoms with Crippen LogP contribution in [-0.4, -0.2) is 47.9 Å². The van der Waals surface area contributed by atoms with Crippen LogP contribution < -0.4 is 5.32 Å². The standard InChI is InChI=1S/C18H27FN2O2/c1-12-9-17(18(22)11-16(12)19)20-14-3-6-21(7-4-14)15-5-8-23-13(2)10-15/h9,11,13-15,20,22H,3-8,10H2,1-2H3. The number of aromatic hydroxyl groups is 1. The molecule has 2 saturated heterocycles. The molecule has 1 aromatic carbocycles. The van der Waals surface area contributed by atoms with Gasteiger partial charge in [-0.1, -0.05) is 0 Å². The molecule has 2 aliphatic rings. The van der Waals surface area contributed by atoms with Crippen molar-refractivity contribution < 1.29 is 14.2 Å². The number of likely N-dealkylation sites (tertiary alicyclic amines) is 1. The number of halogens is 1. The Balaban J connectivity index is 1.54. The quantitative estimate of drug-likeness (QED) is 0.838. The molecule has 0 aliphatic carbocycles. The fourth-order valence-electron chi connectivity index (χ4n) is 3.72. The number of hydrogen-bond acceptors (Lipinski definition) is 4. The summed E-state index contributed by atoms with van der Waals surface area (Å²) in [5.74, 6) is -0.370. The Morgan fingerprint density at radius 3 is 2.70 bits per heavy atom. The number of nitrogens with one attached hydrogen (secondary N) is 1. The average molecular weight is 322 g/mol. The molecular weight excluding hydrogens is 295 g/mol. The maximum absolute atomic E-state index is 13.4. The van der Waals surface area contributed by atoms with Crippen LogP contribution in [0.3, 0.4) is 0 Å². The van der Waals surface area contributed by atoms with Gasteiger partial charge >= 0.3 is 0 Å². The summed E-state index contributed by atoms with van der Waals surface area (Å²) in [6, 6.07) is 3.85. The second kappa shape index (κ2) is 7.05. The number of nitrogens with zero attached hydrogens (tertiary/aromatic N) is 1. The van der Waals surface area contributed by atoms with Crippen molar-refractivity contribution in [3.05, 3.63) is 23.5 Å². The van der Waals surface area contributed by atoms with E-state index in [0.717, 1.165) is 45.4 Å². The van der Waals surface area contributed by atoms with E-state index in [4.69, 9.17) is 4.74 Å². The lowest BCUT2D eigenvalue weighted by atomic mass is 9.97. The van der Waals surface area contributed by atoms with Gasteiger partial charge in [-0.3, -0.25) is 0 Å². The van der Waals surface area contributed by atoms with Crippen LogP contribution in [0.15, 0.2) is 12.1 Å². The van der Waals surface area contributed by atoms with E-state index in [2.05, 4.69) is 17.1 Å². The minimum atomic E-state index is -0.364. The summed E-state index contributed by atoms with van der Waals surface area (Å²) in [5, 5.41) is 13.3. The smallest absolute Gasteiger partial charge is 0.141 e. The predicted octanol–water partition coefficient (Wildman–Crippen LogP) is 3.28. The van der Waals surface area contributed by atoms with Gasteiger partial charge in [0, 0.05) is 37.8 Å². The highest BCUT2D eigenvalue weighted by molar-refractivity contribution is 5.58. The molecule has 2 N–H and O–H groups in total. The largest absolute Gasteiger partial charge is 0.506 e. The Hall–Kier alpha value is -1.33. The third-order valence-corrected chi connectivity index (χ3v) is 5.14. The highest BCUT2D eigenvalue weighted by atomic mass is 19.1. The molecule has 0 spiro atoms. The number of anilines is 1. The van der Waals surface area contributed by atoms with Crippen molar-refractivity contribution in [1.82, 2.24) is 4.90 Å². The zero-order valence-corrected chi connectivity index (χ0v) is 14.0. The first-order chi connectivity index (χ1) is 11.0. The summed E-state index contributed by atoms with van der Waals surface area (Å²) in [6.07, 6.45) is 4.70. The Kier molecular flexibility index (Phi) is 5.07. The van der Waals surface area contributed by atoms with Gasteiger partial charge < -0.3 is 20.1 Å². The van der Waals surface area contributed by atoms with Crippen LogP contribution >= 0.6 is 0 Å². The summed E-state index contributed by atoms with van der Waals surface area (Å²) >= 11 is 0. The molecule has 2 unspecified atom stereocenters. The van der Waals surface area contributed by atoms with Crippen molar-refractivity contribution in [3.63, 3.8) is 0 Å². The van der Waals surface area contributed by atoms with Crippen molar-refractivity contribution in [2.75, 3.05) is 25.0 Å². The van der Waals surface area contributed by atoms with E-state index in [9.17, 15) is 9.50 Å². The van der Waals surface area contributed by atoms with Gasteiger partial charge in [0.25, 0.3) is 0 Å². The number of benzene rings is 1. The number of aryl methyl sites for hydroxylation is 1. The van der Waals surface area contributed by atoms with Gasteiger partial charge in [-0.05, 0) is 51.2 Å². The highest BCUT2D eigenvalue weighted by Crippen LogP contribution is 2.29. The maximum Gasteiger partial charge on any atom is 0.141 e. The second-order valence-corrected chi connectivity index (χ2v) is 6.93. The minimum absolute atomic E-state index is 0.00576. The van der Waals surface area contributed by atoms with E-state index in [1.807, 2.05) is 0 Å². The molecular formula is C18H27FN2O2. The molecule has 2 heterocycles. The fraction of sp³-hybridized carbons (Fsp3) is 0.667. The van der Waals surface area contributed by atoms with Crippen LogP contribution in [0, 0.1) is 12.7 Å². The SMILES string of the molecule is Cc1cc(NC2CCN(C3CCOC(C)C3)CC2)c(O)cc1F. The minimum Gasteiger partial charge on any atom is -0.506 e. The topological polar surface area (TPSA) is 44.7 Å². The molecule has 2 aliphatic heterocycles. The number of hydrogen-bond donors (Lipinski definition) is 2. The van der Waals surface area contributed by atoms with Crippen LogP contribution in [0.4, 0.5) is 10.1 Å². The molecule has 2 atom stereocenters. The number of ether oxygens (including phenoxy) is 1. The molecule has 5 heteroatoms. The van der Waals surface area contributed by atoms with E-state index in [-0.39, 0.29) is 11.6 Å². The summed E-state index contributed by atoms with van der Waals surface area (Å²) in [7, 11) is 0. The van der Waals surface area contributed by atoms with Gasteiger partial charge in [-0.2, -0.15) is 0 Å². The normalized spacial score (nSPS) is 27.1. The Morgan fingerprint density at radius 2 is 2.00 bits per heavy atom. The van der Waals surface area contributed by atoms with E-state index >= 15 is 0 Å². The summed E-state index contributed by atoms with van der Waals surface area (Å²) in [5.41, 5.74) is 1.20. The molecule has 1 aromatic rings. The zero-order chi connectivity index (χ0) is 16.4. The van der Waals surface area contributed by atoms with Crippen LogP contribution in [0.1, 0.15) is 38.2 Å². The monoisotopic (exact) mass is 322 g/mol. The van der Waals surface area contributed by atoms with Gasteiger partial charge in [0.2, 0.25) is 0 Å². The molecule has 0 radical (unpaired) electrons. The lowest BCUT2D eigenvalue weighted by molar-refractivity contribution is -0.0218. The summed E-state index contributed by atoms with van der Waals surface area (Å²) < 4.78 is 19.1. The van der Waals surface area contributed by atoms with Crippen molar-refractivity contribution in [1.29, 1.82) is 0 Å². The lowest BCUT2D eigenvalue weighted by Crippen LogP contribution is -2.47. The second-order valence-electron chi connectivity index (χ2n) is 6.93. The molecule has 23 heavy (non-hydrogen) atoms. The van der Waals surface area contributed by atoms with Gasteiger partial charge in [0.1, 0.15) is 11.6 Å². The summed E-state index contributed by atoms with van der Waals surface area (Å²) in [6.45, 7) is 6.87. The van der Waals surface area contributed by atoms with Crippen molar-refractivity contribution in [3.8, 4) is 5.75 Å². The van der Waals surface area contributed by atoms with E-state index < -0.39 is 0 Å². The van der Waals surface area contributed by atoms with Crippen molar-refractivity contribution in [2.24, 2.45) is 0 Å². The Bertz CT molecular complexity index is 544. The number of rotatable bonds is 3. The number of phenolic OH excluding ortho intramolecular Hbond substituents is 1. The summed E-state index contributed by atoms with van der Waals surface area (Å²) in [4.78, 5) is 2.58. The predicted molar refractivity (Wildman–Crippen MR) is 89.5 cm³/mol. The van der Waals surface area contributed by atoms with Crippen molar-refractivity contribution >= 4 is 5.69 Å². The van der Waals surface area contributed by atoms with Crippen LogP contribution in [0.5, 0.6) is 5.75 Å². The molecule has 0 aromatic heterocycles. The molecule has 4 nitrogen and oxygen atoms in total. The van der Waals surface area contributed by atoms with E-state index in [0.29, 0.717) is 29.4 Å². The lowest BCUT2D eigenvalue weighted by Gasteiger charge is -2.41. The first-order valence-corrected chi connectivity index (χ1v) is 8.64. The van der Waals surface area contributed by atoms with Crippen molar-refractivity contribution in [2.45, 2.75) is 57.7 Å². The fourth-order valence-corrected chi connectivity index (χ4v) is 3.72. The molecule has 2 fully saturated rings. The van der Waals surface area contributed by atoms with E-state index in [1.165, 1.54) is 6.07 Å². The van der Waals surface area contributed by atoms with Crippen LogP contribution in [-0.2, 0) is 4.74 Å². The van der Waals surface area contributed by atoms with Crippen LogP contribution in [0.25, 0.3) is 0 Å². The first-order valence-electron chi connectivity index (χ1n) is 8.64. The molecule has 0 saturated carbocycles. The number of piperidine rings is 1. The average Bonchev–Trinajstić information content (AvgIpc) is 2.53. The Morgan fingerprint density at radius 1 is 1.26 bits per heavy atom. The van der Waals surface area contributed by atoms with Gasteiger partial charge in [-0.25, -0.2) is 4.39 Å². The van der Waals surface area contributed by atoms with E-state index in [1.54, 1.807) is 13.0 Å². The van der Waals surface area contributed by atoms with Gasteiger partial charge in [-0.15, -0.1) is 0 Å². The number of phenols is 1. The third-order valence-electron chi connectivity index (χ3n) is 5.14. The molecule has 128 valence electrons. The molecule has 0 amide bonds. The van der Waals surface area contributed by atoms with Gasteiger partial charge in [0.05, 0.1) is 11.8 Å². The van der Waals surface area contributed by atoms with Gasteiger partial charge in [0.15, 0.2) is 0 Å². The zero-order valence-electron chi connectivity index (χ0n) is 14.0. The third kappa shape index (κ3) is 3.96. The molecule has 3 rings (SSSR count). The van der Waals surface area contributed by atoms with Crippen LogP contribution in [0.2, 0.25) is 0 Å². The maximum atomic E-state index is 13.4. The highest BCUT2D eigenvalue weighted by Gasteiger charge is 2.28.